The molecule has 0 saturated heterocycles. The van der Waals surface area contributed by atoms with Gasteiger partial charge >= 0.3 is 0 Å². The lowest BCUT2D eigenvalue weighted by atomic mass is 10.4. The van der Waals surface area contributed by atoms with Gasteiger partial charge in [-0.3, -0.25) is 4.40 Å². The number of aromatic nitrogens is 2. The van der Waals surface area contributed by atoms with Crippen LogP contribution >= 0.6 is 11.3 Å². The van der Waals surface area contributed by atoms with Gasteiger partial charge in [0.25, 0.3) is 0 Å². The normalized spacial score (nSPS) is 10.2. The number of hydrogen-bond acceptors (Lipinski definition) is 4. The van der Waals surface area contributed by atoms with Gasteiger partial charge in [-0.1, -0.05) is 0 Å². The number of nitrogens with one attached hydrogen (secondary N) is 1. The average molecular weight is 249 g/mol. The Morgan fingerprint density at radius 1 is 1.59 bits per heavy atom. The van der Waals surface area contributed by atoms with Gasteiger partial charge in [0.1, 0.15) is 5.69 Å². The third-order valence-corrected chi connectivity index (χ3v) is 3.17. The Morgan fingerprint density at radius 3 is 3.24 bits per heavy atom. The summed E-state index contributed by atoms with van der Waals surface area (Å²) in [5.74, 6) is 6.60. The minimum absolute atomic E-state index is 0.700. The molecule has 0 aliphatic carbocycles. The maximum Gasteiger partial charge on any atom is 0.237 e. The highest BCUT2D eigenvalue weighted by molar-refractivity contribution is 7.15. The fourth-order valence-corrected chi connectivity index (χ4v) is 2.34. The molecule has 4 nitrogen and oxygen atoms in total. The van der Waals surface area contributed by atoms with E-state index in [1.807, 2.05) is 18.5 Å². The van der Waals surface area contributed by atoms with Crippen molar-refractivity contribution in [1.29, 1.82) is 0 Å². The first-order valence-corrected chi connectivity index (χ1v) is 6.33. The van der Waals surface area contributed by atoms with E-state index in [9.17, 15) is 0 Å². The number of rotatable bonds is 5. The van der Waals surface area contributed by atoms with Crippen molar-refractivity contribution < 1.29 is 4.74 Å². The van der Waals surface area contributed by atoms with E-state index >= 15 is 0 Å². The molecule has 2 aromatic rings. The summed E-state index contributed by atoms with van der Waals surface area (Å²) in [6, 6.07) is 0. The molecule has 2 aromatic heterocycles. The molecular formula is C12H15N3OS. The van der Waals surface area contributed by atoms with Crippen LogP contribution in [0.1, 0.15) is 19.0 Å². The molecule has 2 rings (SSSR count). The molecule has 0 atom stereocenters. The van der Waals surface area contributed by atoms with Crippen LogP contribution in [0.5, 0.6) is 5.88 Å². The molecule has 2 heterocycles. The number of thiazole rings is 1. The quantitative estimate of drug-likeness (QED) is 0.650. The predicted octanol–water partition coefficient (Wildman–Crippen LogP) is 1.91. The summed E-state index contributed by atoms with van der Waals surface area (Å²) in [6.07, 6.45) is 2.88. The second-order valence-corrected chi connectivity index (χ2v) is 4.35. The highest BCUT2D eigenvalue weighted by Crippen LogP contribution is 2.22. The van der Waals surface area contributed by atoms with Crippen molar-refractivity contribution in [2.24, 2.45) is 0 Å². The molecular weight excluding hydrogens is 234 g/mol. The molecule has 0 radical (unpaired) electrons. The maximum atomic E-state index is 5.27. The van der Waals surface area contributed by atoms with E-state index in [-0.39, 0.29) is 0 Å². The second-order valence-electron chi connectivity index (χ2n) is 3.48. The number of nitrogens with zero attached hydrogens (tertiary/aromatic N) is 2. The summed E-state index contributed by atoms with van der Waals surface area (Å²) in [6.45, 7) is 3.47. The molecule has 1 N–H and O–H groups in total. The molecule has 17 heavy (non-hydrogen) atoms. The fourth-order valence-electron chi connectivity index (χ4n) is 1.62. The zero-order chi connectivity index (χ0) is 12.1. The highest BCUT2D eigenvalue weighted by atomic mass is 32.1. The largest absolute Gasteiger partial charge is 0.480 e. The lowest BCUT2D eigenvalue weighted by Gasteiger charge is -2.03. The van der Waals surface area contributed by atoms with Gasteiger partial charge in [-0.15, -0.1) is 23.2 Å². The third kappa shape index (κ3) is 2.60. The first-order valence-electron chi connectivity index (χ1n) is 5.45. The van der Waals surface area contributed by atoms with E-state index in [0.717, 1.165) is 30.2 Å². The minimum atomic E-state index is 0.700. The molecule has 0 aliphatic heterocycles. The van der Waals surface area contributed by atoms with Gasteiger partial charge in [0.15, 0.2) is 4.96 Å². The van der Waals surface area contributed by atoms with Crippen molar-refractivity contribution in [3.8, 4) is 17.7 Å². The van der Waals surface area contributed by atoms with E-state index in [2.05, 4.69) is 26.5 Å². The third-order valence-electron chi connectivity index (χ3n) is 2.41. The SMILES string of the molecule is CC#CCCNCc1c(OC)nc2sccn12. The molecule has 0 aliphatic rings. The van der Waals surface area contributed by atoms with Gasteiger partial charge in [-0.05, 0) is 6.92 Å². The fraction of sp³-hybridized carbons (Fsp3) is 0.417. The molecule has 0 spiro atoms. The van der Waals surface area contributed by atoms with Crippen LogP contribution in [0.2, 0.25) is 0 Å². The van der Waals surface area contributed by atoms with Crippen molar-refractivity contribution in [3.63, 3.8) is 0 Å². The molecule has 5 heteroatoms. The van der Waals surface area contributed by atoms with Crippen LogP contribution in [-0.2, 0) is 6.54 Å². The van der Waals surface area contributed by atoms with Crippen LogP contribution in [0, 0.1) is 11.8 Å². The number of ether oxygens (including phenoxy) is 1. The van der Waals surface area contributed by atoms with Crippen LogP contribution in [0.25, 0.3) is 4.96 Å². The zero-order valence-electron chi connectivity index (χ0n) is 9.99. The Balaban J connectivity index is 2.04. The standard InChI is InChI=1S/C12H15N3OS/c1-3-4-5-6-13-9-10-11(16-2)14-12-15(10)7-8-17-12/h7-8,13H,5-6,9H2,1-2H3. The Kier molecular flexibility index (Phi) is 4.02. The van der Waals surface area contributed by atoms with Crippen LogP contribution < -0.4 is 10.1 Å². The number of fused-ring (bicyclic) bond motifs is 1. The van der Waals surface area contributed by atoms with Gasteiger partial charge in [-0.2, -0.15) is 4.98 Å². The summed E-state index contributed by atoms with van der Waals surface area (Å²) < 4.78 is 7.33. The minimum Gasteiger partial charge on any atom is -0.480 e. The molecule has 0 saturated carbocycles. The van der Waals surface area contributed by atoms with Gasteiger partial charge in [0.2, 0.25) is 5.88 Å². The average Bonchev–Trinajstić information content (AvgIpc) is 2.90. The van der Waals surface area contributed by atoms with Crippen molar-refractivity contribution in [1.82, 2.24) is 14.7 Å². The van der Waals surface area contributed by atoms with Crippen LogP contribution in [-0.4, -0.2) is 23.0 Å². The molecule has 0 bridgehead atoms. The molecule has 90 valence electrons. The zero-order valence-corrected chi connectivity index (χ0v) is 10.8. The number of imidazole rings is 1. The van der Waals surface area contributed by atoms with Gasteiger partial charge in [0, 0.05) is 31.1 Å². The first-order chi connectivity index (χ1) is 8.36. The van der Waals surface area contributed by atoms with Gasteiger partial charge in [0.05, 0.1) is 7.11 Å². The Bertz CT molecular complexity index is 547. The maximum absolute atomic E-state index is 5.27. The summed E-state index contributed by atoms with van der Waals surface area (Å²) in [7, 11) is 1.65. The molecule has 0 unspecified atom stereocenters. The Labute approximate surface area is 105 Å². The Hall–Kier alpha value is -1.51. The number of methoxy groups -OCH3 is 1. The molecule has 0 amide bonds. The van der Waals surface area contributed by atoms with E-state index in [1.54, 1.807) is 18.4 Å². The predicted molar refractivity (Wildman–Crippen MR) is 69.4 cm³/mol. The van der Waals surface area contributed by atoms with E-state index in [4.69, 9.17) is 4.74 Å². The smallest absolute Gasteiger partial charge is 0.237 e. The monoisotopic (exact) mass is 249 g/mol. The summed E-state index contributed by atoms with van der Waals surface area (Å²) in [5, 5.41) is 5.36. The highest BCUT2D eigenvalue weighted by Gasteiger charge is 2.12. The lowest BCUT2D eigenvalue weighted by Crippen LogP contribution is -2.15. The van der Waals surface area contributed by atoms with Crippen molar-refractivity contribution in [2.75, 3.05) is 13.7 Å². The van der Waals surface area contributed by atoms with E-state index in [1.165, 1.54) is 0 Å². The number of hydrogen-bond donors (Lipinski definition) is 1. The summed E-state index contributed by atoms with van der Waals surface area (Å²) >= 11 is 1.61. The van der Waals surface area contributed by atoms with E-state index in [0.29, 0.717) is 5.88 Å². The van der Waals surface area contributed by atoms with Crippen LogP contribution in [0.3, 0.4) is 0 Å². The second kappa shape index (κ2) is 5.71. The van der Waals surface area contributed by atoms with E-state index < -0.39 is 0 Å². The molecule has 0 fully saturated rings. The van der Waals surface area contributed by atoms with Crippen LogP contribution in [0.15, 0.2) is 11.6 Å². The summed E-state index contributed by atoms with van der Waals surface area (Å²) in [4.78, 5) is 5.36. The van der Waals surface area contributed by atoms with Crippen LogP contribution in [0.4, 0.5) is 0 Å². The lowest BCUT2D eigenvalue weighted by molar-refractivity contribution is 0.393. The van der Waals surface area contributed by atoms with Gasteiger partial charge < -0.3 is 10.1 Å². The van der Waals surface area contributed by atoms with Crippen molar-refractivity contribution in [2.45, 2.75) is 19.9 Å². The molecule has 0 aromatic carbocycles. The van der Waals surface area contributed by atoms with Crippen molar-refractivity contribution in [3.05, 3.63) is 17.3 Å². The first kappa shape index (κ1) is 12.0. The van der Waals surface area contributed by atoms with Gasteiger partial charge in [-0.25, -0.2) is 0 Å². The Morgan fingerprint density at radius 2 is 2.47 bits per heavy atom. The van der Waals surface area contributed by atoms with Crippen molar-refractivity contribution >= 4 is 16.3 Å². The topological polar surface area (TPSA) is 38.6 Å². The summed E-state index contributed by atoms with van der Waals surface area (Å²) in [5.41, 5.74) is 1.06.